The molecule has 1 aromatic heterocycles. The number of H-pyrrole nitrogens is 1. The third-order valence-electron chi connectivity index (χ3n) is 6.83. The van der Waals surface area contributed by atoms with Crippen molar-refractivity contribution in [2.75, 3.05) is 20.5 Å². The molecule has 0 fully saturated rings. The average Bonchev–Trinajstić information content (AvgIpc) is 3.68. The van der Waals surface area contributed by atoms with Crippen LogP contribution in [-0.4, -0.2) is 43.6 Å². The molecule has 5 aromatic rings. The molecule has 0 bridgehead atoms. The van der Waals surface area contributed by atoms with E-state index in [9.17, 15) is 9.59 Å². The number of hydrogen-bond donors (Lipinski definition) is 2. The predicted molar refractivity (Wildman–Crippen MR) is 168 cm³/mol. The molecule has 1 amide bonds. The molecule has 44 heavy (non-hydrogen) atoms. The summed E-state index contributed by atoms with van der Waals surface area (Å²) < 4.78 is 28.4. The molecule has 0 saturated carbocycles. The van der Waals surface area contributed by atoms with Gasteiger partial charge in [-0.25, -0.2) is 10.2 Å². The topological polar surface area (TPSA) is 120 Å². The maximum Gasteiger partial charge on any atom is 0.343 e. The van der Waals surface area contributed by atoms with E-state index in [4.69, 9.17) is 23.7 Å². The highest BCUT2D eigenvalue weighted by atomic mass is 79.9. The van der Waals surface area contributed by atoms with Crippen LogP contribution >= 0.6 is 15.9 Å². The smallest absolute Gasteiger partial charge is 0.343 e. The zero-order valence-corrected chi connectivity index (χ0v) is 25.3. The van der Waals surface area contributed by atoms with Crippen LogP contribution in [0.2, 0.25) is 0 Å². The molecule has 0 atom stereocenters. The summed E-state index contributed by atoms with van der Waals surface area (Å²) in [6, 6.07) is 23.1. The number of aromatic amines is 1. The van der Waals surface area contributed by atoms with Crippen LogP contribution in [0, 0.1) is 0 Å². The number of nitrogens with one attached hydrogen (secondary N) is 2. The Morgan fingerprint density at radius 2 is 1.77 bits per heavy atom. The van der Waals surface area contributed by atoms with Crippen molar-refractivity contribution in [1.29, 1.82) is 0 Å². The van der Waals surface area contributed by atoms with Crippen molar-refractivity contribution < 1.29 is 33.3 Å². The Morgan fingerprint density at radius 3 is 2.57 bits per heavy atom. The number of fused-ring (bicyclic) bond motifs is 2. The summed E-state index contributed by atoms with van der Waals surface area (Å²) in [5.74, 6) is 1.22. The number of nitrogens with zero attached hydrogens (tertiary/aromatic N) is 1. The van der Waals surface area contributed by atoms with E-state index in [1.807, 2.05) is 49.4 Å². The number of methoxy groups -OCH3 is 1. The fourth-order valence-electron chi connectivity index (χ4n) is 4.83. The number of hydrazone groups is 1. The number of carbonyl (C=O) groups excluding carboxylic acids is 2. The Labute approximate surface area is 260 Å². The molecule has 10 nitrogen and oxygen atoms in total. The molecular formula is C33H26BrN3O7. The summed E-state index contributed by atoms with van der Waals surface area (Å²) in [6.45, 7) is 2.27. The average molecular weight is 656 g/mol. The van der Waals surface area contributed by atoms with Crippen LogP contribution in [0.3, 0.4) is 0 Å². The van der Waals surface area contributed by atoms with E-state index in [0.29, 0.717) is 57.5 Å². The fraction of sp³-hybridized carbons (Fsp3) is 0.121. The van der Waals surface area contributed by atoms with Crippen LogP contribution in [0.4, 0.5) is 0 Å². The lowest BCUT2D eigenvalue weighted by Crippen LogP contribution is -2.19. The van der Waals surface area contributed by atoms with E-state index in [-0.39, 0.29) is 12.5 Å². The van der Waals surface area contributed by atoms with E-state index in [0.717, 1.165) is 15.4 Å². The Kier molecular flexibility index (Phi) is 8.20. The van der Waals surface area contributed by atoms with Crippen LogP contribution in [-0.2, 0) is 0 Å². The number of esters is 1. The van der Waals surface area contributed by atoms with Crippen LogP contribution < -0.4 is 29.1 Å². The van der Waals surface area contributed by atoms with Gasteiger partial charge in [-0.2, -0.15) is 5.10 Å². The Morgan fingerprint density at radius 1 is 0.977 bits per heavy atom. The molecule has 0 spiro atoms. The number of benzene rings is 4. The van der Waals surface area contributed by atoms with Crippen molar-refractivity contribution in [3.8, 4) is 39.9 Å². The van der Waals surface area contributed by atoms with E-state index in [1.54, 1.807) is 43.5 Å². The van der Waals surface area contributed by atoms with Crippen molar-refractivity contribution in [3.63, 3.8) is 0 Å². The van der Waals surface area contributed by atoms with Gasteiger partial charge in [0.1, 0.15) is 11.4 Å². The molecule has 0 radical (unpaired) electrons. The first-order chi connectivity index (χ1) is 21.5. The number of halogens is 1. The van der Waals surface area contributed by atoms with Gasteiger partial charge in [0.15, 0.2) is 23.0 Å². The number of rotatable bonds is 9. The molecule has 1 aliphatic heterocycles. The van der Waals surface area contributed by atoms with Crippen LogP contribution in [0.25, 0.3) is 22.0 Å². The fourth-order valence-corrected chi connectivity index (χ4v) is 5.36. The molecule has 2 heterocycles. The maximum absolute atomic E-state index is 13.4. The molecule has 0 aliphatic carbocycles. The van der Waals surface area contributed by atoms with Crippen molar-refractivity contribution in [1.82, 2.24) is 10.4 Å². The maximum atomic E-state index is 13.4. The molecule has 1 aliphatic rings. The van der Waals surface area contributed by atoms with E-state index < -0.39 is 11.9 Å². The highest BCUT2D eigenvalue weighted by Gasteiger charge is 2.23. The molecule has 4 aromatic carbocycles. The minimum absolute atomic E-state index is 0.105. The standard InChI is InChI=1S/C33H26BrN3O7/c1-3-41-26-15-19(9-12-24(26)44-33(39)21-10-13-23-27(16-21)43-18-42-23)17-35-37-32(38)31-28(20-7-5-4-6-8-20)29-22(34)11-14-25(40-2)30(29)36-31/h4-17,36H,3,18H2,1-2H3,(H,37,38). The van der Waals surface area contributed by atoms with Gasteiger partial charge in [0.05, 0.1) is 31.0 Å². The minimum atomic E-state index is -0.575. The number of hydrogen-bond acceptors (Lipinski definition) is 8. The molecule has 6 rings (SSSR count). The third-order valence-corrected chi connectivity index (χ3v) is 7.49. The predicted octanol–water partition coefficient (Wildman–Crippen LogP) is 6.72. The first-order valence-corrected chi connectivity index (χ1v) is 14.4. The van der Waals surface area contributed by atoms with Gasteiger partial charge in [0.2, 0.25) is 6.79 Å². The number of ether oxygens (including phenoxy) is 5. The Hall–Kier alpha value is -5.29. The number of carbonyl (C=O) groups is 2. The summed E-state index contributed by atoms with van der Waals surface area (Å²) in [5, 5.41) is 5.00. The molecule has 222 valence electrons. The molecule has 0 unspecified atom stereocenters. The van der Waals surface area contributed by atoms with Crippen LogP contribution in [0.15, 0.2) is 88.4 Å². The molecule has 2 N–H and O–H groups in total. The zero-order chi connectivity index (χ0) is 30.6. The SMILES string of the molecule is CCOc1cc(C=NNC(=O)c2[nH]c3c(OC)ccc(Br)c3c2-c2ccccc2)ccc1OC(=O)c1ccc2c(c1)OCO2. The highest BCUT2D eigenvalue weighted by Crippen LogP contribution is 2.41. The summed E-state index contributed by atoms with van der Waals surface area (Å²) in [5.41, 5.74) is 6.11. The van der Waals surface area contributed by atoms with Crippen molar-refractivity contribution in [2.24, 2.45) is 5.10 Å². The highest BCUT2D eigenvalue weighted by molar-refractivity contribution is 9.10. The summed E-state index contributed by atoms with van der Waals surface area (Å²) in [7, 11) is 1.58. The molecule has 11 heteroatoms. The third kappa shape index (κ3) is 5.69. The van der Waals surface area contributed by atoms with Crippen molar-refractivity contribution in [3.05, 3.63) is 100 Å². The number of aromatic nitrogens is 1. The number of amides is 1. The first kappa shape index (κ1) is 28.8. The van der Waals surface area contributed by atoms with E-state index in [1.165, 1.54) is 6.21 Å². The first-order valence-electron chi connectivity index (χ1n) is 13.6. The normalized spacial score (nSPS) is 12.0. The van der Waals surface area contributed by atoms with Gasteiger partial charge < -0.3 is 28.7 Å². The van der Waals surface area contributed by atoms with Gasteiger partial charge in [-0.05, 0) is 66.6 Å². The second-order valence-electron chi connectivity index (χ2n) is 9.54. The van der Waals surface area contributed by atoms with Crippen molar-refractivity contribution in [2.45, 2.75) is 6.92 Å². The van der Waals surface area contributed by atoms with Crippen LogP contribution in [0.1, 0.15) is 33.3 Å². The lowest BCUT2D eigenvalue weighted by molar-refractivity contribution is 0.0727. The van der Waals surface area contributed by atoms with Crippen molar-refractivity contribution >= 4 is 44.9 Å². The van der Waals surface area contributed by atoms with Gasteiger partial charge in [0, 0.05) is 15.4 Å². The summed E-state index contributed by atoms with van der Waals surface area (Å²) in [6.07, 6.45) is 1.48. The van der Waals surface area contributed by atoms with Gasteiger partial charge in [-0.15, -0.1) is 0 Å². The Balaban J connectivity index is 1.23. The lowest BCUT2D eigenvalue weighted by Gasteiger charge is -2.11. The Bertz CT molecular complexity index is 1900. The lowest BCUT2D eigenvalue weighted by atomic mass is 10.0. The largest absolute Gasteiger partial charge is 0.495 e. The second kappa shape index (κ2) is 12.5. The molecular weight excluding hydrogens is 630 g/mol. The summed E-state index contributed by atoms with van der Waals surface area (Å²) in [4.78, 5) is 29.5. The monoisotopic (exact) mass is 655 g/mol. The van der Waals surface area contributed by atoms with E-state index >= 15 is 0 Å². The second-order valence-corrected chi connectivity index (χ2v) is 10.4. The minimum Gasteiger partial charge on any atom is -0.495 e. The van der Waals surface area contributed by atoms with Crippen LogP contribution in [0.5, 0.6) is 28.7 Å². The van der Waals surface area contributed by atoms with E-state index in [2.05, 4.69) is 31.4 Å². The molecule has 0 saturated heterocycles. The quantitative estimate of drug-likeness (QED) is 0.0783. The van der Waals surface area contributed by atoms with Gasteiger partial charge in [-0.3, -0.25) is 4.79 Å². The van der Waals surface area contributed by atoms with Gasteiger partial charge in [0.25, 0.3) is 5.91 Å². The van der Waals surface area contributed by atoms with Gasteiger partial charge in [-0.1, -0.05) is 46.3 Å². The van der Waals surface area contributed by atoms with Gasteiger partial charge >= 0.3 is 5.97 Å². The zero-order valence-electron chi connectivity index (χ0n) is 23.7. The summed E-state index contributed by atoms with van der Waals surface area (Å²) >= 11 is 3.63.